The van der Waals surface area contributed by atoms with Crippen molar-refractivity contribution in [3.05, 3.63) is 21.4 Å². The standard InChI is InChI=1S/C10H13F3OS/c1-6(2)3-7-4-8(5-14)15-9(7)10(11,12)13/h4,6,14H,3,5H2,1-2H3. The van der Waals surface area contributed by atoms with E-state index in [1.807, 2.05) is 13.8 Å². The predicted molar refractivity (Wildman–Crippen MR) is 53.8 cm³/mol. The molecule has 0 fully saturated rings. The van der Waals surface area contributed by atoms with Crippen LogP contribution in [0, 0.1) is 5.92 Å². The Balaban J connectivity index is 3.06. The zero-order chi connectivity index (χ0) is 11.6. The molecule has 1 nitrogen and oxygen atoms in total. The van der Waals surface area contributed by atoms with Crippen LogP contribution in [0.15, 0.2) is 6.07 Å². The van der Waals surface area contributed by atoms with Gasteiger partial charge in [0.15, 0.2) is 0 Å². The Hall–Kier alpha value is -0.550. The number of hydrogen-bond donors (Lipinski definition) is 1. The lowest BCUT2D eigenvalue weighted by Gasteiger charge is -2.08. The summed E-state index contributed by atoms with van der Waals surface area (Å²) in [5.41, 5.74) is 0.298. The summed E-state index contributed by atoms with van der Waals surface area (Å²) in [6.07, 6.45) is -3.91. The van der Waals surface area contributed by atoms with E-state index in [0.717, 1.165) is 0 Å². The first-order chi connectivity index (χ1) is 6.84. The van der Waals surface area contributed by atoms with Crippen LogP contribution in [0.5, 0.6) is 0 Å². The van der Waals surface area contributed by atoms with Crippen LogP contribution >= 0.6 is 11.3 Å². The first-order valence-corrected chi connectivity index (χ1v) is 5.46. The molecule has 0 aliphatic rings. The molecule has 0 aromatic carbocycles. The van der Waals surface area contributed by atoms with Crippen molar-refractivity contribution in [2.24, 2.45) is 5.92 Å². The first-order valence-electron chi connectivity index (χ1n) is 4.64. The van der Waals surface area contributed by atoms with Gasteiger partial charge >= 0.3 is 6.18 Å². The zero-order valence-corrected chi connectivity index (χ0v) is 9.37. The second kappa shape index (κ2) is 4.53. The molecule has 15 heavy (non-hydrogen) atoms. The molecule has 0 unspecified atom stereocenters. The Kier molecular flexibility index (Phi) is 3.78. The molecule has 0 spiro atoms. The fourth-order valence-corrected chi connectivity index (χ4v) is 2.31. The number of aliphatic hydroxyl groups is 1. The van der Waals surface area contributed by atoms with Gasteiger partial charge in [-0.1, -0.05) is 13.8 Å². The Morgan fingerprint density at radius 3 is 2.40 bits per heavy atom. The lowest BCUT2D eigenvalue weighted by molar-refractivity contribution is -0.134. The Morgan fingerprint density at radius 2 is 2.00 bits per heavy atom. The second-order valence-corrected chi connectivity index (χ2v) is 4.96. The minimum absolute atomic E-state index is 0.173. The van der Waals surface area contributed by atoms with Gasteiger partial charge in [-0.05, 0) is 24.0 Å². The molecule has 1 aromatic heterocycles. The van der Waals surface area contributed by atoms with Crippen LogP contribution in [0.2, 0.25) is 0 Å². The van der Waals surface area contributed by atoms with Crippen LogP contribution in [0.25, 0.3) is 0 Å². The van der Waals surface area contributed by atoms with Crippen LogP contribution in [0.3, 0.4) is 0 Å². The maximum absolute atomic E-state index is 12.6. The van der Waals surface area contributed by atoms with E-state index in [-0.39, 0.29) is 12.5 Å². The van der Waals surface area contributed by atoms with Gasteiger partial charge in [-0.3, -0.25) is 0 Å². The van der Waals surface area contributed by atoms with E-state index in [1.165, 1.54) is 6.07 Å². The molecule has 5 heteroatoms. The number of aliphatic hydroxyl groups excluding tert-OH is 1. The molecular formula is C10H13F3OS. The normalized spacial score (nSPS) is 12.5. The van der Waals surface area contributed by atoms with Gasteiger partial charge in [0.05, 0.1) is 6.61 Å². The summed E-state index contributed by atoms with van der Waals surface area (Å²) in [4.78, 5) is -0.196. The highest BCUT2D eigenvalue weighted by atomic mass is 32.1. The molecule has 1 N–H and O–H groups in total. The predicted octanol–water partition coefficient (Wildman–Crippen LogP) is 3.46. The molecular weight excluding hydrogens is 225 g/mol. The van der Waals surface area contributed by atoms with Crippen LogP contribution in [-0.2, 0) is 19.2 Å². The summed E-state index contributed by atoms with van der Waals surface area (Å²) < 4.78 is 37.7. The maximum atomic E-state index is 12.6. The van der Waals surface area contributed by atoms with Gasteiger partial charge < -0.3 is 5.11 Å². The molecule has 0 saturated carbocycles. The lowest BCUT2D eigenvalue weighted by Crippen LogP contribution is -2.06. The highest BCUT2D eigenvalue weighted by Gasteiger charge is 2.35. The molecule has 0 amide bonds. The molecule has 0 radical (unpaired) electrons. The van der Waals surface area contributed by atoms with Crippen molar-refractivity contribution in [1.82, 2.24) is 0 Å². The number of rotatable bonds is 3. The molecule has 0 bridgehead atoms. The van der Waals surface area contributed by atoms with Crippen LogP contribution in [0.1, 0.15) is 29.2 Å². The molecule has 0 aliphatic heterocycles. The molecule has 1 aromatic rings. The summed E-state index contributed by atoms with van der Waals surface area (Å²) in [6.45, 7) is 3.42. The van der Waals surface area contributed by atoms with Gasteiger partial charge in [-0.25, -0.2) is 0 Å². The topological polar surface area (TPSA) is 20.2 Å². The average molecular weight is 238 g/mol. The molecule has 1 heterocycles. The minimum atomic E-state index is -4.30. The van der Waals surface area contributed by atoms with E-state index in [2.05, 4.69) is 0 Å². The van der Waals surface area contributed by atoms with Crippen LogP contribution in [0.4, 0.5) is 13.2 Å². The van der Waals surface area contributed by atoms with E-state index in [4.69, 9.17) is 5.11 Å². The largest absolute Gasteiger partial charge is 0.425 e. The van der Waals surface area contributed by atoms with Gasteiger partial charge in [0.1, 0.15) is 4.88 Å². The van der Waals surface area contributed by atoms with Crippen molar-refractivity contribution >= 4 is 11.3 Å². The van der Waals surface area contributed by atoms with Crippen molar-refractivity contribution in [3.8, 4) is 0 Å². The van der Waals surface area contributed by atoms with E-state index in [9.17, 15) is 13.2 Å². The fraction of sp³-hybridized carbons (Fsp3) is 0.600. The Morgan fingerprint density at radius 1 is 1.40 bits per heavy atom. The Labute approximate surface area is 90.6 Å². The third-order valence-electron chi connectivity index (χ3n) is 1.90. The van der Waals surface area contributed by atoms with E-state index < -0.39 is 11.1 Å². The van der Waals surface area contributed by atoms with Crippen LogP contribution in [-0.4, -0.2) is 5.11 Å². The molecule has 86 valence electrons. The van der Waals surface area contributed by atoms with E-state index in [1.54, 1.807) is 0 Å². The van der Waals surface area contributed by atoms with E-state index in [0.29, 0.717) is 28.2 Å². The van der Waals surface area contributed by atoms with Crippen molar-refractivity contribution in [3.63, 3.8) is 0 Å². The summed E-state index contributed by atoms with van der Waals surface area (Å²) in [5.74, 6) is 0.173. The monoisotopic (exact) mass is 238 g/mol. The Bertz CT molecular complexity index is 328. The van der Waals surface area contributed by atoms with Crippen molar-refractivity contribution < 1.29 is 18.3 Å². The van der Waals surface area contributed by atoms with Gasteiger partial charge in [0, 0.05) is 4.88 Å². The van der Waals surface area contributed by atoms with Gasteiger partial charge in [0.2, 0.25) is 0 Å². The molecule has 0 aliphatic carbocycles. The SMILES string of the molecule is CC(C)Cc1cc(CO)sc1C(F)(F)F. The summed E-state index contributed by atoms with van der Waals surface area (Å²) in [5, 5.41) is 8.82. The van der Waals surface area contributed by atoms with Crippen LogP contribution < -0.4 is 0 Å². The first kappa shape index (κ1) is 12.5. The van der Waals surface area contributed by atoms with Gasteiger partial charge in [-0.2, -0.15) is 13.2 Å². The second-order valence-electron chi connectivity index (χ2n) is 3.82. The number of halogens is 3. The number of thiophene rings is 1. The summed E-state index contributed by atoms with van der Waals surface area (Å²) in [6, 6.07) is 1.45. The fourth-order valence-electron chi connectivity index (χ4n) is 1.40. The smallest absolute Gasteiger partial charge is 0.391 e. The molecule has 0 atom stereocenters. The van der Waals surface area contributed by atoms with Gasteiger partial charge in [0.25, 0.3) is 0 Å². The minimum Gasteiger partial charge on any atom is -0.391 e. The number of alkyl halides is 3. The highest BCUT2D eigenvalue weighted by molar-refractivity contribution is 7.12. The van der Waals surface area contributed by atoms with Crippen molar-refractivity contribution in [2.75, 3.05) is 0 Å². The highest BCUT2D eigenvalue weighted by Crippen LogP contribution is 2.38. The number of hydrogen-bond acceptors (Lipinski definition) is 2. The zero-order valence-electron chi connectivity index (χ0n) is 8.56. The average Bonchev–Trinajstić information content (AvgIpc) is 2.45. The third-order valence-corrected chi connectivity index (χ3v) is 3.11. The van der Waals surface area contributed by atoms with Gasteiger partial charge in [-0.15, -0.1) is 11.3 Å². The van der Waals surface area contributed by atoms with Crippen molar-refractivity contribution in [1.29, 1.82) is 0 Å². The molecule has 0 saturated heterocycles. The summed E-state index contributed by atoms with van der Waals surface area (Å²) >= 11 is 0.633. The summed E-state index contributed by atoms with van der Waals surface area (Å²) in [7, 11) is 0. The van der Waals surface area contributed by atoms with E-state index >= 15 is 0 Å². The third kappa shape index (κ3) is 3.21. The molecule has 1 rings (SSSR count). The quantitative estimate of drug-likeness (QED) is 0.855. The lowest BCUT2D eigenvalue weighted by atomic mass is 10.0. The maximum Gasteiger partial charge on any atom is 0.425 e. The van der Waals surface area contributed by atoms with Crippen molar-refractivity contribution in [2.45, 2.75) is 33.1 Å².